The minimum atomic E-state index is -3.61. The van der Waals surface area contributed by atoms with Crippen molar-refractivity contribution in [1.82, 2.24) is 14.7 Å². The van der Waals surface area contributed by atoms with Gasteiger partial charge in [-0.05, 0) is 44.0 Å². The van der Waals surface area contributed by atoms with Gasteiger partial charge in [0.25, 0.3) is 0 Å². The van der Waals surface area contributed by atoms with Gasteiger partial charge < -0.3 is 15.0 Å². The van der Waals surface area contributed by atoms with E-state index in [1.807, 2.05) is 38.9 Å². The molecule has 0 amide bonds. The number of benzene rings is 1. The van der Waals surface area contributed by atoms with E-state index in [-0.39, 0.29) is 11.4 Å². The maximum Gasteiger partial charge on any atom is 0.240 e. The van der Waals surface area contributed by atoms with Crippen molar-refractivity contribution in [2.45, 2.75) is 25.7 Å². The number of nitrogens with zero attached hydrogens (tertiary/aromatic N) is 3. The summed E-state index contributed by atoms with van der Waals surface area (Å²) in [5.41, 5.74) is 1.49. The first kappa shape index (κ1) is 20.9. The van der Waals surface area contributed by atoms with Crippen LogP contribution in [0.1, 0.15) is 17.0 Å². The highest BCUT2D eigenvalue weighted by Crippen LogP contribution is 2.26. The molecule has 0 saturated heterocycles. The first-order valence-electron chi connectivity index (χ1n) is 8.56. The van der Waals surface area contributed by atoms with Crippen LogP contribution in [0.25, 0.3) is 0 Å². The van der Waals surface area contributed by atoms with Gasteiger partial charge in [-0.2, -0.15) is 0 Å². The molecule has 2 aromatic rings. The van der Waals surface area contributed by atoms with Gasteiger partial charge in [0.1, 0.15) is 23.2 Å². The van der Waals surface area contributed by atoms with Gasteiger partial charge in [0.05, 0.1) is 12.0 Å². The second-order valence-electron chi connectivity index (χ2n) is 6.39. The molecule has 1 aromatic heterocycles. The third kappa shape index (κ3) is 5.08. The van der Waals surface area contributed by atoms with Crippen molar-refractivity contribution < 1.29 is 13.2 Å². The normalized spacial score (nSPS) is 11.3. The highest BCUT2D eigenvalue weighted by atomic mass is 32.2. The minimum Gasteiger partial charge on any atom is -0.496 e. The number of sulfonamides is 1. The van der Waals surface area contributed by atoms with Crippen LogP contribution in [0, 0.1) is 20.8 Å². The maximum absolute atomic E-state index is 12.6. The third-order valence-electron chi connectivity index (χ3n) is 4.20. The summed E-state index contributed by atoms with van der Waals surface area (Å²) in [7, 11) is 1.76. The fourth-order valence-corrected chi connectivity index (χ4v) is 3.94. The first-order chi connectivity index (χ1) is 12.7. The number of anilines is 2. The molecule has 148 valence electrons. The third-order valence-corrected chi connectivity index (χ3v) is 5.81. The summed E-state index contributed by atoms with van der Waals surface area (Å²) in [5.74, 6) is 2.76. The van der Waals surface area contributed by atoms with Gasteiger partial charge in [-0.1, -0.05) is 0 Å². The van der Waals surface area contributed by atoms with Crippen molar-refractivity contribution >= 4 is 21.7 Å². The highest BCUT2D eigenvalue weighted by molar-refractivity contribution is 7.89. The van der Waals surface area contributed by atoms with Crippen LogP contribution < -0.4 is 19.7 Å². The topological polar surface area (TPSA) is 96.5 Å². The molecule has 0 bridgehead atoms. The number of hydrogen-bond acceptors (Lipinski definition) is 7. The molecule has 0 fully saturated rings. The van der Waals surface area contributed by atoms with Crippen LogP contribution in [-0.2, 0) is 10.0 Å². The van der Waals surface area contributed by atoms with E-state index in [0.29, 0.717) is 29.5 Å². The predicted molar refractivity (Wildman–Crippen MR) is 107 cm³/mol. The Labute approximate surface area is 161 Å². The van der Waals surface area contributed by atoms with Gasteiger partial charge in [0.15, 0.2) is 0 Å². The second-order valence-corrected chi connectivity index (χ2v) is 8.13. The predicted octanol–water partition coefficient (Wildman–Crippen LogP) is 1.87. The lowest BCUT2D eigenvalue weighted by atomic mass is 10.1. The van der Waals surface area contributed by atoms with Crippen LogP contribution in [-0.4, -0.2) is 52.7 Å². The summed E-state index contributed by atoms with van der Waals surface area (Å²) in [5, 5.41) is 3.12. The summed E-state index contributed by atoms with van der Waals surface area (Å²) < 4.78 is 33.1. The van der Waals surface area contributed by atoms with E-state index in [9.17, 15) is 8.42 Å². The van der Waals surface area contributed by atoms with E-state index < -0.39 is 10.0 Å². The molecule has 2 N–H and O–H groups in total. The highest BCUT2D eigenvalue weighted by Gasteiger charge is 2.19. The van der Waals surface area contributed by atoms with Gasteiger partial charge >= 0.3 is 0 Å². The molecule has 0 aliphatic carbocycles. The van der Waals surface area contributed by atoms with Crippen LogP contribution in [0.2, 0.25) is 0 Å². The smallest absolute Gasteiger partial charge is 0.240 e. The van der Waals surface area contributed by atoms with Gasteiger partial charge in [0, 0.05) is 33.3 Å². The largest absolute Gasteiger partial charge is 0.496 e. The number of nitrogens with one attached hydrogen (secondary N) is 2. The van der Waals surface area contributed by atoms with Gasteiger partial charge in [-0.3, -0.25) is 0 Å². The van der Waals surface area contributed by atoms with Crippen molar-refractivity contribution in [3.8, 4) is 5.75 Å². The van der Waals surface area contributed by atoms with E-state index in [1.165, 1.54) is 0 Å². The molecule has 9 heteroatoms. The molecule has 0 aliphatic rings. The molecule has 0 atom stereocenters. The molecule has 1 heterocycles. The van der Waals surface area contributed by atoms with Crippen LogP contribution in [0.4, 0.5) is 11.6 Å². The molecular formula is C18H27N5O3S. The Morgan fingerprint density at radius 3 is 2.41 bits per heavy atom. The summed E-state index contributed by atoms with van der Waals surface area (Å²) >= 11 is 0. The van der Waals surface area contributed by atoms with Crippen LogP contribution >= 0.6 is 0 Å². The zero-order valence-corrected chi connectivity index (χ0v) is 17.4. The fraction of sp³-hybridized carbons (Fsp3) is 0.444. The fourth-order valence-electron chi connectivity index (χ4n) is 2.61. The summed E-state index contributed by atoms with van der Waals surface area (Å²) in [6, 6.07) is 5.05. The Balaban J connectivity index is 2.02. The van der Waals surface area contributed by atoms with Crippen LogP contribution in [0.15, 0.2) is 23.1 Å². The monoisotopic (exact) mass is 393 g/mol. The Kier molecular flexibility index (Phi) is 6.61. The SMILES string of the molecule is COc1ccc(S(=O)(=O)NCCNc2cc(N(C)C)nc(C)n2)c(C)c1C. The number of rotatable bonds is 8. The van der Waals surface area contributed by atoms with E-state index >= 15 is 0 Å². The van der Waals surface area contributed by atoms with Gasteiger partial charge in [-0.25, -0.2) is 23.1 Å². The average Bonchev–Trinajstić information content (AvgIpc) is 2.60. The van der Waals surface area contributed by atoms with E-state index in [0.717, 1.165) is 11.4 Å². The molecule has 0 saturated carbocycles. The van der Waals surface area contributed by atoms with Crippen molar-refractivity contribution in [3.05, 3.63) is 35.2 Å². The zero-order chi connectivity index (χ0) is 20.2. The van der Waals surface area contributed by atoms with E-state index in [4.69, 9.17) is 4.74 Å². The number of methoxy groups -OCH3 is 1. The number of aryl methyl sites for hydroxylation is 1. The van der Waals surface area contributed by atoms with E-state index in [1.54, 1.807) is 26.2 Å². The average molecular weight is 394 g/mol. The minimum absolute atomic E-state index is 0.229. The summed E-state index contributed by atoms with van der Waals surface area (Å²) in [4.78, 5) is 10.8. The standard InChI is InChI=1S/C18H27N5O3S/c1-12-13(2)16(8-7-15(12)26-6)27(24,25)20-10-9-19-17-11-18(23(4)5)22-14(3)21-17/h7-8,11,20H,9-10H2,1-6H3,(H,19,21,22). The number of hydrogen-bond donors (Lipinski definition) is 2. The Bertz CT molecular complexity index is 913. The Morgan fingerprint density at radius 2 is 1.78 bits per heavy atom. The van der Waals surface area contributed by atoms with Crippen LogP contribution in [0.5, 0.6) is 5.75 Å². The van der Waals surface area contributed by atoms with Crippen molar-refractivity contribution in [3.63, 3.8) is 0 Å². The quantitative estimate of drug-likeness (QED) is 0.661. The van der Waals surface area contributed by atoms with Crippen LogP contribution in [0.3, 0.4) is 0 Å². The lowest BCUT2D eigenvalue weighted by molar-refractivity contribution is 0.410. The van der Waals surface area contributed by atoms with E-state index in [2.05, 4.69) is 20.0 Å². The Morgan fingerprint density at radius 1 is 1.07 bits per heavy atom. The molecule has 2 rings (SSSR count). The Hall–Kier alpha value is -2.39. The first-order valence-corrected chi connectivity index (χ1v) is 10.0. The second kappa shape index (κ2) is 8.53. The maximum atomic E-state index is 12.6. The molecular weight excluding hydrogens is 366 g/mol. The molecule has 0 spiro atoms. The molecule has 0 radical (unpaired) electrons. The molecule has 27 heavy (non-hydrogen) atoms. The van der Waals surface area contributed by atoms with Crippen molar-refractivity contribution in [1.29, 1.82) is 0 Å². The van der Waals surface area contributed by atoms with Gasteiger partial charge in [0.2, 0.25) is 10.0 Å². The number of aromatic nitrogens is 2. The molecule has 1 aromatic carbocycles. The summed E-state index contributed by atoms with van der Waals surface area (Å²) in [6.45, 7) is 6.06. The summed E-state index contributed by atoms with van der Waals surface area (Å²) in [6.07, 6.45) is 0. The van der Waals surface area contributed by atoms with Gasteiger partial charge in [-0.15, -0.1) is 0 Å². The number of ether oxygens (including phenoxy) is 1. The van der Waals surface area contributed by atoms with Crippen molar-refractivity contribution in [2.24, 2.45) is 0 Å². The zero-order valence-electron chi connectivity index (χ0n) is 16.6. The molecule has 0 aliphatic heterocycles. The molecule has 8 nitrogen and oxygen atoms in total. The van der Waals surface area contributed by atoms with Crippen molar-refractivity contribution in [2.75, 3.05) is 44.5 Å². The molecule has 0 unspecified atom stereocenters. The lowest BCUT2D eigenvalue weighted by Gasteiger charge is -2.15. The lowest BCUT2D eigenvalue weighted by Crippen LogP contribution is -2.29.